The topological polar surface area (TPSA) is 50.2 Å². The van der Waals surface area contributed by atoms with Crippen molar-refractivity contribution in [3.8, 4) is 5.69 Å². The number of benzene rings is 1. The fourth-order valence-corrected chi connectivity index (χ4v) is 3.35. The van der Waals surface area contributed by atoms with Gasteiger partial charge < -0.3 is 10.2 Å². The van der Waals surface area contributed by atoms with Gasteiger partial charge in [0.25, 0.3) is 0 Å². The highest BCUT2D eigenvalue weighted by atomic mass is 35.5. The molecule has 1 aliphatic rings. The Kier molecular flexibility index (Phi) is 6.49. The summed E-state index contributed by atoms with van der Waals surface area (Å²) in [4.78, 5) is 14.7. The van der Waals surface area contributed by atoms with E-state index in [1.54, 1.807) is 0 Å². The van der Waals surface area contributed by atoms with Crippen LogP contribution in [0.15, 0.2) is 24.3 Å². The molecule has 2 heterocycles. The van der Waals surface area contributed by atoms with Gasteiger partial charge in [0.2, 0.25) is 5.91 Å². The first kappa shape index (κ1) is 19.8. The highest BCUT2D eigenvalue weighted by molar-refractivity contribution is 6.30. The Bertz CT molecular complexity index is 742. The van der Waals surface area contributed by atoms with Gasteiger partial charge in [-0.25, -0.2) is 4.68 Å². The normalized spacial score (nSPS) is 17.3. The van der Waals surface area contributed by atoms with Crippen LogP contribution in [0.3, 0.4) is 0 Å². The van der Waals surface area contributed by atoms with Crippen molar-refractivity contribution in [1.29, 1.82) is 0 Å². The zero-order chi connectivity index (χ0) is 17.3. The molecule has 1 amide bonds. The molecule has 25 heavy (non-hydrogen) atoms. The molecule has 0 bridgehead atoms. The van der Waals surface area contributed by atoms with Crippen molar-refractivity contribution in [3.05, 3.63) is 46.2 Å². The summed E-state index contributed by atoms with van der Waals surface area (Å²) in [7, 11) is 0. The number of hydrogen-bond acceptors (Lipinski definition) is 3. The highest BCUT2D eigenvalue weighted by Crippen LogP contribution is 2.21. The second-order valence-corrected chi connectivity index (χ2v) is 6.79. The van der Waals surface area contributed by atoms with Crippen LogP contribution in [0.25, 0.3) is 5.69 Å². The number of rotatable bonds is 3. The Morgan fingerprint density at radius 3 is 2.64 bits per heavy atom. The van der Waals surface area contributed by atoms with E-state index in [-0.39, 0.29) is 24.4 Å². The van der Waals surface area contributed by atoms with Gasteiger partial charge in [-0.3, -0.25) is 4.79 Å². The number of amides is 1. The van der Waals surface area contributed by atoms with Crippen LogP contribution in [0.5, 0.6) is 0 Å². The lowest BCUT2D eigenvalue weighted by atomic mass is 10.1. The number of hydrogen-bond donors (Lipinski definition) is 1. The largest absolute Gasteiger partial charge is 0.337 e. The van der Waals surface area contributed by atoms with E-state index in [1.165, 1.54) is 0 Å². The van der Waals surface area contributed by atoms with Gasteiger partial charge in [0.05, 0.1) is 17.8 Å². The summed E-state index contributed by atoms with van der Waals surface area (Å²) in [5.74, 6) is 0.172. The summed E-state index contributed by atoms with van der Waals surface area (Å²) >= 11 is 5.96. The molecule has 2 aromatic rings. The van der Waals surface area contributed by atoms with Gasteiger partial charge in [-0.2, -0.15) is 5.10 Å². The van der Waals surface area contributed by atoms with Crippen molar-refractivity contribution < 1.29 is 4.79 Å². The van der Waals surface area contributed by atoms with E-state index < -0.39 is 0 Å². The molecule has 1 aliphatic heterocycles. The van der Waals surface area contributed by atoms with Crippen molar-refractivity contribution >= 4 is 29.9 Å². The molecule has 5 nitrogen and oxygen atoms in total. The molecule has 1 atom stereocenters. The molecule has 0 spiro atoms. The predicted molar refractivity (Wildman–Crippen MR) is 103 cm³/mol. The van der Waals surface area contributed by atoms with Crippen LogP contribution in [0.2, 0.25) is 5.02 Å². The monoisotopic (exact) mass is 382 g/mol. The molecule has 1 saturated heterocycles. The number of aromatic nitrogens is 2. The second-order valence-electron chi connectivity index (χ2n) is 6.35. The van der Waals surface area contributed by atoms with Crippen molar-refractivity contribution in [2.75, 3.05) is 19.6 Å². The van der Waals surface area contributed by atoms with E-state index >= 15 is 0 Å². The highest BCUT2D eigenvalue weighted by Gasteiger charge is 2.25. The number of carbonyl (C=O) groups is 1. The molecule has 0 saturated carbocycles. The molecule has 1 aromatic carbocycles. The summed E-state index contributed by atoms with van der Waals surface area (Å²) in [6, 6.07) is 7.80. The van der Waals surface area contributed by atoms with Crippen molar-refractivity contribution in [2.24, 2.45) is 0 Å². The van der Waals surface area contributed by atoms with Crippen LogP contribution in [0.4, 0.5) is 0 Å². The maximum Gasteiger partial charge on any atom is 0.227 e. The number of aryl methyl sites for hydroxylation is 1. The fourth-order valence-electron chi connectivity index (χ4n) is 3.23. The minimum absolute atomic E-state index is 0. The smallest absolute Gasteiger partial charge is 0.227 e. The van der Waals surface area contributed by atoms with Gasteiger partial charge in [0, 0.05) is 42.0 Å². The second kappa shape index (κ2) is 8.21. The van der Waals surface area contributed by atoms with Crippen molar-refractivity contribution in [1.82, 2.24) is 20.0 Å². The molecule has 0 radical (unpaired) electrons. The lowest BCUT2D eigenvalue weighted by Gasteiger charge is -2.34. The van der Waals surface area contributed by atoms with Gasteiger partial charge in [0.1, 0.15) is 0 Å². The summed E-state index contributed by atoms with van der Waals surface area (Å²) in [5.41, 5.74) is 3.87. The Morgan fingerprint density at radius 1 is 1.32 bits per heavy atom. The van der Waals surface area contributed by atoms with Crippen LogP contribution in [0.1, 0.15) is 23.9 Å². The zero-order valence-electron chi connectivity index (χ0n) is 14.8. The molecule has 1 aromatic heterocycles. The minimum atomic E-state index is 0. The van der Waals surface area contributed by atoms with Crippen molar-refractivity contribution in [3.63, 3.8) is 0 Å². The van der Waals surface area contributed by atoms with E-state index in [0.717, 1.165) is 42.3 Å². The molecule has 0 aliphatic carbocycles. The molecule has 7 heteroatoms. The summed E-state index contributed by atoms with van der Waals surface area (Å²) in [6.45, 7) is 8.54. The van der Waals surface area contributed by atoms with E-state index in [0.29, 0.717) is 11.4 Å². The Hall–Kier alpha value is -1.56. The predicted octanol–water partition coefficient (Wildman–Crippen LogP) is 2.93. The number of carbonyl (C=O) groups excluding carboxylic acids is 1. The van der Waals surface area contributed by atoms with Gasteiger partial charge in [0.15, 0.2) is 0 Å². The molecule has 1 N–H and O–H groups in total. The van der Waals surface area contributed by atoms with Gasteiger partial charge >= 0.3 is 0 Å². The first-order valence-electron chi connectivity index (χ1n) is 8.28. The molecule has 1 unspecified atom stereocenters. The number of nitrogens with one attached hydrogen (secondary N) is 1. The Balaban J connectivity index is 0.00000225. The third-order valence-electron chi connectivity index (χ3n) is 4.66. The van der Waals surface area contributed by atoms with E-state index in [2.05, 4.69) is 17.3 Å². The number of halogens is 2. The SMILES string of the molecule is Cc1nn(-c2ccc(Cl)cc2)c(C)c1CC(=O)N1CCNCC1C.Cl. The van der Waals surface area contributed by atoms with Crippen LogP contribution in [-0.4, -0.2) is 46.3 Å². The van der Waals surface area contributed by atoms with Crippen molar-refractivity contribution in [2.45, 2.75) is 33.2 Å². The van der Waals surface area contributed by atoms with Crippen LogP contribution >= 0.6 is 24.0 Å². The van der Waals surface area contributed by atoms with Crippen LogP contribution < -0.4 is 5.32 Å². The zero-order valence-corrected chi connectivity index (χ0v) is 16.3. The molecule has 1 fully saturated rings. The summed E-state index contributed by atoms with van der Waals surface area (Å²) in [6.07, 6.45) is 0.398. The standard InChI is InChI=1S/C18H23ClN4O.ClH/c1-12-11-20-8-9-22(12)18(24)10-17-13(2)21-23(14(17)3)16-6-4-15(19)5-7-16;/h4-7,12,20H,8-11H2,1-3H3;1H. The molecular weight excluding hydrogens is 359 g/mol. The molecule has 136 valence electrons. The lowest BCUT2D eigenvalue weighted by molar-refractivity contribution is -0.133. The number of piperazine rings is 1. The van der Waals surface area contributed by atoms with E-state index in [4.69, 9.17) is 11.6 Å². The third kappa shape index (κ3) is 4.17. The average molecular weight is 383 g/mol. The first-order chi connectivity index (χ1) is 11.5. The Labute approximate surface area is 159 Å². The number of nitrogens with zero attached hydrogens (tertiary/aromatic N) is 3. The maximum atomic E-state index is 12.7. The Morgan fingerprint density at radius 2 is 2.00 bits per heavy atom. The van der Waals surface area contributed by atoms with Crippen LogP contribution in [0, 0.1) is 13.8 Å². The van der Waals surface area contributed by atoms with E-state index in [9.17, 15) is 4.79 Å². The van der Waals surface area contributed by atoms with Gasteiger partial charge in [-0.15, -0.1) is 12.4 Å². The van der Waals surface area contributed by atoms with Gasteiger partial charge in [-0.1, -0.05) is 11.6 Å². The third-order valence-corrected chi connectivity index (χ3v) is 4.91. The lowest BCUT2D eigenvalue weighted by Crippen LogP contribution is -2.52. The summed E-state index contributed by atoms with van der Waals surface area (Å²) in [5, 5.41) is 8.63. The first-order valence-corrected chi connectivity index (χ1v) is 8.66. The quantitative estimate of drug-likeness (QED) is 0.887. The van der Waals surface area contributed by atoms with Gasteiger partial charge in [-0.05, 0) is 45.0 Å². The van der Waals surface area contributed by atoms with E-state index in [1.807, 2.05) is 47.7 Å². The average Bonchev–Trinajstić information content (AvgIpc) is 2.84. The molecule has 3 rings (SSSR count). The summed E-state index contributed by atoms with van der Waals surface area (Å²) < 4.78 is 1.88. The van der Waals surface area contributed by atoms with Crippen LogP contribution in [-0.2, 0) is 11.2 Å². The molecular formula is C18H24Cl2N4O. The fraction of sp³-hybridized carbons (Fsp3) is 0.444. The maximum absolute atomic E-state index is 12.7. The minimum Gasteiger partial charge on any atom is -0.337 e.